The van der Waals surface area contributed by atoms with Crippen LogP contribution in [0.25, 0.3) is 0 Å². The van der Waals surface area contributed by atoms with Gasteiger partial charge in [0.15, 0.2) is 0 Å². The molecule has 1 amide bonds. The highest BCUT2D eigenvalue weighted by Crippen LogP contribution is 2.11. The van der Waals surface area contributed by atoms with Crippen molar-refractivity contribution in [2.24, 2.45) is 0 Å². The van der Waals surface area contributed by atoms with Crippen molar-refractivity contribution in [3.63, 3.8) is 0 Å². The van der Waals surface area contributed by atoms with Gasteiger partial charge in [0.1, 0.15) is 5.69 Å². The summed E-state index contributed by atoms with van der Waals surface area (Å²) in [6.07, 6.45) is 0.449. The van der Waals surface area contributed by atoms with Crippen LogP contribution in [0, 0.1) is 6.92 Å². The van der Waals surface area contributed by atoms with Gasteiger partial charge < -0.3 is 15.5 Å². The van der Waals surface area contributed by atoms with E-state index in [9.17, 15) is 15.0 Å². The van der Waals surface area contributed by atoms with Crippen LogP contribution in [0.1, 0.15) is 36.5 Å². The Morgan fingerprint density at radius 1 is 1.44 bits per heavy atom. The quantitative estimate of drug-likeness (QED) is 0.671. The average Bonchev–Trinajstić information content (AvgIpc) is 2.77. The van der Waals surface area contributed by atoms with Gasteiger partial charge in [-0.05, 0) is 26.3 Å². The lowest BCUT2D eigenvalue weighted by atomic mass is 9.98. The maximum atomic E-state index is 12.1. The Balaban J connectivity index is 2.93. The molecule has 0 fully saturated rings. The number of nitrogens with one attached hydrogen (secondary N) is 1. The normalized spacial score (nSPS) is 11.6. The number of carbonyl (C=O) groups excluding carboxylic acids is 1. The molecule has 18 heavy (non-hydrogen) atoms. The summed E-state index contributed by atoms with van der Waals surface area (Å²) in [7, 11) is 0. The zero-order chi connectivity index (χ0) is 13.8. The van der Waals surface area contributed by atoms with Gasteiger partial charge in [-0.25, -0.2) is 0 Å². The number of nitrogens with zero attached hydrogens (tertiary/aromatic N) is 2. The molecule has 6 heteroatoms. The van der Waals surface area contributed by atoms with E-state index in [1.165, 1.54) is 0 Å². The van der Waals surface area contributed by atoms with Gasteiger partial charge in [0.05, 0.1) is 24.4 Å². The fourth-order valence-electron chi connectivity index (χ4n) is 1.72. The first kappa shape index (κ1) is 14.7. The molecule has 0 atom stereocenters. The third-order valence-corrected chi connectivity index (χ3v) is 3.10. The van der Waals surface area contributed by atoms with Crippen LogP contribution in [0.15, 0.2) is 6.07 Å². The van der Waals surface area contributed by atoms with Crippen molar-refractivity contribution in [3.05, 3.63) is 17.5 Å². The van der Waals surface area contributed by atoms with Crippen molar-refractivity contribution in [1.29, 1.82) is 0 Å². The molecule has 0 saturated heterocycles. The van der Waals surface area contributed by atoms with Gasteiger partial charge in [0.2, 0.25) is 0 Å². The molecule has 1 heterocycles. The van der Waals surface area contributed by atoms with Crippen molar-refractivity contribution in [1.82, 2.24) is 15.1 Å². The fraction of sp³-hybridized carbons (Fsp3) is 0.667. The summed E-state index contributed by atoms with van der Waals surface area (Å²) in [5.41, 5.74) is 0.222. The van der Waals surface area contributed by atoms with Crippen molar-refractivity contribution in [2.75, 3.05) is 13.2 Å². The second kappa shape index (κ2) is 5.97. The van der Waals surface area contributed by atoms with Gasteiger partial charge in [-0.15, -0.1) is 0 Å². The van der Waals surface area contributed by atoms with Gasteiger partial charge in [-0.1, -0.05) is 6.92 Å². The van der Waals surface area contributed by atoms with Crippen molar-refractivity contribution in [3.8, 4) is 0 Å². The highest BCUT2D eigenvalue weighted by atomic mass is 16.3. The number of hydrogen-bond acceptors (Lipinski definition) is 4. The molecule has 0 spiro atoms. The summed E-state index contributed by atoms with van der Waals surface area (Å²) < 4.78 is 1.60. The summed E-state index contributed by atoms with van der Waals surface area (Å²) in [6.45, 7) is 5.50. The number of hydrogen-bond donors (Lipinski definition) is 3. The van der Waals surface area contributed by atoms with Crippen LogP contribution < -0.4 is 5.32 Å². The lowest BCUT2D eigenvalue weighted by Crippen LogP contribution is -2.54. The molecule has 0 aromatic carbocycles. The lowest BCUT2D eigenvalue weighted by molar-refractivity contribution is 0.0645. The Bertz CT molecular complexity index is 402. The fourth-order valence-corrected chi connectivity index (χ4v) is 1.72. The molecule has 0 aliphatic carbocycles. The Morgan fingerprint density at radius 3 is 2.50 bits per heavy atom. The molecule has 3 N–H and O–H groups in total. The van der Waals surface area contributed by atoms with Crippen molar-refractivity contribution < 1.29 is 15.0 Å². The first-order chi connectivity index (χ1) is 8.51. The number of aryl methyl sites for hydroxylation is 2. The Labute approximate surface area is 107 Å². The second-order valence-electron chi connectivity index (χ2n) is 4.39. The highest BCUT2D eigenvalue weighted by molar-refractivity contribution is 5.93. The van der Waals surface area contributed by atoms with Gasteiger partial charge in [-0.2, -0.15) is 5.10 Å². The van der Waals surface area contributed by atoms with Crippen LogP contribution in [0.4, 0.5) is 0 Å². The van der Waals surface area contributed by atoms with Gasteiger partial charge >= 0.3 is 0 Å². The molecule has 1 aromatic rings. The van der Waals surface area contributed by atoms with E-state index in [-0.39, 0.29) is 19.1 Å². The molecule has 0 saturated carbocycles. The van der Waals surface area contributed by atoms with Gasteiger partial charge in [0, 0.05) is 6.54 Å². The minimum absolute atomic E-state index is 0.301. The van der Waals surface area contributed by atoms with Crippen LogP contribution in [0.5, 0.6) is 0 Å². The number of carbonyl (C=O) groups is 1. The van der Waals surface area contributed by atoms with E-state index in [1.54, 1.807) is 17.7 Å². The Morgan fingerprint density at radius 2 is 2.06 bits per heavy atom. The average molecular weight is 255 g/mol. The molecule has 1 rings (SSSR count). The first-order valence-corrected chi connectivity index (χ1v) is 6.10. The smallest absolute Gasteiger partial charge is 0.270 e. The molecule has 0 aliphatic heterocycles. The second-order valence-corrected chi connectivity index (χ2v) is 4.39. The predicted octanol–water partition coefficient (Wildman–Crippen LogP) is 0.0746. The van der Waals surface area contributed by atoms with Gasteiger partial charge in [-0.3, -0.25) is 9.48 Å². The number of rotatable bonds is 6. The molecule has 0 aliphatic rings. The third kappa shape index (κ3) is 2.88. The largest absolute Gasteiger partial charge is 0.394 e. The summed E-state index contributed by atoms with van der Waals surface area (Å²) >= 11 is 0. The number of aliphatic hydroxyl groups excluding tert-OH is 2. The van der Waals surface area contributed by atoms with Gasteiger partial charge in [0.25, 0.3) is 5.91 Å². The van der Waals surface area contributed by atoms with Crippen molar-refractivity contribution in [2.45, 2.75) is 39.3 Å². The summed E-state index contributed by atoms with van der Waals surface area (Å²) in [5.74, 6) is -0.331. The van der Waals surface area contributed by atoms with Crippen LogP contribution in [-0.2, 0) is 6.54 Å². The zero-order valence-electron chi connectivity index (χ0n) is 11.1. The molecule has 102 valence electrons. The van der Waals surface area contributed by atoms with Crippen LogP contribution in [0.2, 0.25) is 0 Å². The summed E-state index contributed by atoms with van der Waals surface area (Å²) in [4.78, 5) is 12.1. The molecule has 0 bridgehead atoms. The monoisotopic (exact) mass is 255 g/mol. The maximum absolute atomic E-state index is 12.1. The standard InChI is InChI=1S/C12H21N3O3/c1-4-12(7-16,8-17)13-11(18)10-6-9(3)14-15(10)5-2/h6,16-17H,4-5,7-8H2,1-3H3,(H,13,18). The highest BCUT2D eigenvalue weighted by Gasteiger charge is 2.30. The first-order valence-electron chi connectivity index (χ1n) is 6.10. The number of aromatic nitrogens is 2. The van der Waals surface area contributed by atoms with E-state index in [0.717, 1.165) is 5.69 Å². The number of aliphatic hydroxyl groups is 2. The molecular weight excluding hydrogens is 234 g/mol. The lowest BCUT2D eigenvalue weighted by Gasteiger charge is -2.29. The summed E-state index contributed by atoms with van der Waals surface area (Å²) in [6, 6.07) is 1.69. The molecule has 0 radical (unpaired) electrons. The molecule has 0 unspecified atom stereocenters. The van der Waals surface area contributed by atoms with E-state index < -0.39 is 5.54 Å². The minimum atomic E-state index is -0.978. The maximum Gasteiger partial charge on any atom is 0.270 e. The predicted molar refractivity (Wildman–Crippen MR) is 67.3 cm³/mol. The summed E-state index contributed by atoms with van der Waals surface area (Å²) in [5, 5.41) is 25.5. The minimum Gasteiger partial charge on any atom is -0.394 e. The topological polar surface area (TPSA) is 87.4 Å². The molecule has 1 aromatic heterocycles. The molecular formula is C12H21N3O3. The van der Waals surface area contributed by atoms with Crippen LogP contribution in [-0.4, -0.2) is 44.7 Å². The Kier molecular flexibility index (Phi) is 4.86. The van der Waals surface area contributed by atoms with Crippen molar-refractivity contribution >= 4 is 5.91 Å². The molecule has 6 nitrogen and oxygen atoms in total. The number of amides is 1. The SMILES string of the molecule is CCn1nc(C)cc1C(=O)NC(CC)(CO)CO. The third-order valence-electron chi connectivity index (χ3n) is 3.10. The van der Waals surface area contributed by atoms with E-state index >= 15 is 0 Å². The van der Waals surface area contributed by atoms with Crippen LogP contribution >= 0.6 is 0 Å². The van der Waals surface area contributed by atoms with E-state index in [1.807, 2.05) is 13.8 Å². The zero-order valence-corrected chi connectivity index (χ0v) is 11.1. The van der Waals surface area contributed by atoms with E-state index in [0.29, 0.717) is 18.7 Å². The van der Waals surface area contributed by atoms with E-state index in [2.05, 4.69) is 10.4 Å². The van der Waals surface area contributed by atoms with E-state index in [4.69, 9.17) is 0 Å². The Hall–Kier alpha value is -1.40. The van der Waals surface area contributed by atoms with Crippen LogP contribution in [0.3, 0.4) is 0 Å².